The van der Waals surface area contributed by atoms with E-state index in [1.54, 1.807) is 7.05 Å². The van der Waals surface area contributed by atoms with Crippen LogP contribution in [0.3, 0.4) is 0 Å². The number of hydrogen-bond donors (Lipinski definition) is 1. The second-order valence-corrected chi connectivity index (χ2v) is 8.76. The van der Waals surface area contributed by atoms with E-state index in [1.165, 1.54) is 32.6 Å². The third kappa shape index (κ3) is 3.28. The summed E-state index contributed by atoms with van der Waals surface area (Å²) in [5, 5.41) is 10.7. The van der Waals surface area contributed by atoms with Gasteiger partial charge in [-0.15, -0.1) is 0 Å². The summed E-state index contributed by atoms with van der Waals surface area (Å²) in [4.78, 5) is 42.5. The molecule has 2 aliphatic heterocycles. The van der Waals surface area contributed by atoms with Gasteiger partial charge in [0.2, 0.25) is 0 Å². The Morgan fingerprint density at radius 1 is 1.19 bits per heavy atom. The van der Waals surface area contributed by atoms with Crippen LogP contribution in [0.1, 0.15) is 64.8 Å². The van der Waals surface area contributed by atoms with Crippen molar-refractivity contribution in [2.24, 2.45) is 5.92 Å². The molecule has 0 saturated heterocycles. The number of aromatic hydroxyl groups is 1. The van der Waals surface area contributed by atoms with Crippen molar-refractivity contribution < 1.29 is 19.1 Å². The number of carbonyl (C=O) groups is 2. The summed E-state index contributed by atoms with van der Waals surface area (Å²) in [5.41, 5.74) is 0.377. The third-order valence-corrected chi connectivity index (χ3v) is 6.92. The average molecular weight is 462 g/mol. The summed E-state index contributed by atoms with van der Waals surface area (Å²) < 4.78 is 14.8. The van der Waals surface area contributed by atoms with E-state index in [0.717, 1.165) is 12.8 Å². The van der Waals surface area contributed by atoms with Crippen LogP contribution in [0, 0.1) is 11.7 Å². The molecule has 3 heterocycles. The molecule has 2 amide bonds. The van der Waals surface area contributed by atoms with Crippen LogP contribution in [0.15, 0.2) is 23.0 Å². The van der Waals surface area contributed by atoms with Crippen LogP contribution >= 0.6 is 11.6 Å². The van der Waals surface area contributed by atoms with Gasteiger partial charge in [0.1, 0.15) is 17.7 Å². The van der Waals surface area contributed by atoms with E-state index in [0.29, 0.717) is 17.5 Å². The molecule has 0 radical (unpaired) electrons. The van der Waals surface area contributed by atoms with Gasteiger partial charge in [-0.25, -0.2) is 4.39 Å². The first kappa shape index (κ1) is 22.3. The molecule has 32 heavy (non-hydrogen) atoms. The molecule has 0 spiro atoms. The Balaban J connectivity index is 1.78. The number of rotatable bonds is 5. The maximum Gasteiger partial charge on any atom is 0.295 e. The Hall–Kier alpha value is -2.87. The highest BCUT2D eigenvalue weighted by Gasteiger charge is 2.44. The zero-order valence-electron chi connectivity index (χ0n) is 18.2. The number of pyridine rings is 1. The van der Waals surface area contributed by atoms with Gasteiger partial charge in [-0.1, -0.05) is 31.5 Å². The number of amides is 2. The fourth-order valence-electron chi connectivity index (χ4n) is 4.90. The molecule has 2 aliphatic rings. The van der Waals surface area contributed by atoms with Gasteiger partial charge in [0, 0.05) is 25.7 Å². The molecule has 1 unspecified atom stereocenters. The lowest BCUT2D eigenvalue weighted by Crippen LogP contribution is -2.40. The second-order valence-electron chi connectivity index (χ2n) is 8.36. The van der Waals surface area contributed by atoms with Gasteiger partial charge < -0.3 is 14.9 Å². The number of aromatic nitrogens is 1. The summed E-state index contributed by atoms with van der Waals surface area (Å²) in [7, 11) is 1.65. The molecule has 0 aliphatic carbocycles. The molecule has 0 bridgehead atoms. The molecule has 0 saturated carbocycles. The van der Waals surface area contributed by atoms with Gasteiger partial charge in [0.05, 0.1) is 10.6 Å². The Bertz CT molecular complexity index is 1170. The van der Waals surface area contributed by atoms with Crippen LogP contribution in [0.5, 0.6) is 5.75 Å². The van der Waals surface area contributed by atoms with Gasteiger partial charge >= 0.3 is 0 Å². The first-order valence-electron chi connectivity index (χ1n) is 10.7. The average Bonchev–Trinajstić information content (AvgIpc) is 3.03. The van der Waals surface area contributed by atoms with E-state index in [4.69, 9.17) is 11.6 Å². The predicted molar refractivity (Wildman–Crippen MR) is 117 cm³/mol. The highest BCUT2D eigenvalue weighted by molar-refractivity contribution is 6.30. The SMILES string of the molecule is CCC(CC)C1N(C)C(=O)c2c3c(c(O)c(=O)n21)C(=O)N(Cc1ccc(F)c(Cl)c1)CC3. The van der Waals surface area contributed by atoms with Crippen molar-refractivity contribution in [3.8, 4) is 5.75 Å². The zero-order valence-corrected chi connectivity index (χ0v) is 18.9. The molecular weight excluding hydrogens is 437 g/mol. The highest BCUT2D eigenvalue weighted by atomic mass is 35.5. The van der Waals surface area contributed by atoms with Crippen molar-refractivity contribution in [2.45, 2.75) is 45.8 Å². The minimum Gasteiger partial charge on any atom is -0.502 e. The fraction of sp³-hybridized carbons (Fsp3) is 0.435. The Morgan fingerprint density at radius 2 is 1.88 bits per heavy atom. The topological polar surface area (TPSA) is 82.9 Å². The lowest BCUT2D eigenvalue weighted by Gasteiger charge is -2.31. The molecule has 7 nitrogen and oxygen atoms in total. The maximum atomic E-state index is 13.5. The molecule has 1 aromatic carbocycles. The molecule has 1 aromatic heterocycles. The van der Waals surface area contributed by atoms with Crippen LogP contribution in [0.2, 0.25) is 5.02 Å². The second kappa shape index (κ2) is 8.24. The number of halogens is 2. The van der Waals surface area contributed by atoms with E-state index in [1.807, 2.05) is 13.8 Å². The smallest absolute Gasteiger partial charge is 0.295 e. The summed E-state index contributed by atoms with van der Waals surface area (Å²) >= 11 is 5.85. The van der Waals surface area contributed by atoms with Gasteiger partial charge in [-0.2, -0.15) is 0 Å². The van der Waals surface area contributed by atoms with Crippen molar-refractivity contribution in [3.05, 3.63) is 61.8 Å². The van der Waals surface area contributed by atoms with E-state index in [9.17, 15) is 23.9 Å². The summed E-state index contributed by atoms with van der Waals surface area (Å²) in [6.07, 6.45) is 1.34. The van der Waals surface area contributed by atoms with E-state index < -0.39 is 29.2 Å². The minimum atomic E-state index is -0.728. The number of hydrogen-bond acceptors (Lipinski definition) is 4. The van der Waals surface area contributed by atoms with E-state index >= 15 is 0 Å². The molecule has 1 N–H and O–H groups in total. The Morgan fingerprint density at radius 3 is 2.50 bits per heavy atom. The molecule has 2 aromatic rings. The molecule has 9 heteroatoms. The van der Waals surface area contributed by atoms with Gasteiger partial charge in [-0.05, 0) is 42.9 Å². The summed E-state index contributed by atoms with van der Waals surface area (Å²) in [5.74, 6) is -2.00. The number of carbonyl (C=O) groups excluding carboxylic acids is 2. The first-order chi connectivity index (χ1) is 15.2. The Kier molecular flexibility index (Phi) is 5.75. The van der Waals surface area contributed by atoms with Crippen LogP contribution in [0.4, 0.5) is 4.39 Å². The van der Waals surface area contributed by atoms with Crippen LogP contribution in [-0.4, -0.2) is 44.9 Å². The molecular formula is C23H25ClFN3O4. The first-order valence-corrected chi connectivity index (χ1v) is 11.1. The van der Waals surface area contributed by atoms with Crippen LogP contribution in [-0.2, 0) is 13.0 Å². The van der Waals surface area contributed by atoms with E-state index in [-0.39, 0.29) is 41.2 Å². The van der Waals surface area contributed by atoms with Crippen molar-refractivity contribution >= 4 is 23.4 Å². The largest absolute Gasteiger partial charge is 0.502 e. The van der Waals surface area contributed by atoms with Crippen molar-refractivity contribution in [2.75, 3.05) is 13.6 Å². The molecule has 4 rings (SSSR count). The lowest BCUT2D eigenvalue weighted by molar-refractivity contribution is 0.0666. The van der Waals surface area contributed by atoms with Crippen LogP contribution in [0.25, 0.3) is 0 Å². The van der Waals surface area contributed by atoms with Gasteiger partial charge in [0.15, 0.2) is 5.75 Å². The van der Waals surface area contributed by atoms with Crippen molar-refractivity contribution in [3.63, 3.8) is 0 Å². The Labute approximate surface area is 190 Å². The van der Waals surface area contributed by atoms with Crippen molar-refractivity contribution in [1.29, 1.82) is 0 Å². The minimum absolute atomic E-state index is 0.0411. The predicted octanol–water partition coefficient (Wildman–Crippen LogP) is 3.57. The lowest BCUT2D eigenvalue weighted by atomic mass is 9.95. The third-order valence-electron chi connectivity index (χ3n) is 6.63. The number of fused-ring (bicyclic) bond motifs is 3. The van der Waals surface area contributed by atoms with Crippen molar-refractivity contribution in [1.82, 2.24) is 14.4 Å². The van der Waals surface area contributed by atoms with E-state index in [2.05, 4.69) is 0 Å². The normalized spacial score (nSPS) is 17.9. The molecule has 0 fully saturated rings. The summed E-state index contributed by atoms with van der Waals surface area (Å²) in [6, 6.07) is 4.19. The molecule has 170 valence electrons. The van der Waals surface area contributed by atoms with Crippen LogP contribution < -0.4 is 5.56 Å². The maximum absolute atomic E-state index is 13.5. The highest BCUT2D eigenvalue weighted by Crippen LogP contribution is 2.38. The standard InChI is InChI=1S/C23H25ClFN3O4/c1-4-13(5-2)20-26(3)22(31)18-14-8-9-27(11-12-6-7-16(25)15(24)10-12)21(30)17(14)19(29)23(32)28(18)20/h6-7,10,13,20,29H,4-5,8-9,11H2,1-3H3. The van der Waals surface area contributed by atoms with Gasteiger partial charge in [-0.3, -0.25) is 19.0 Å². The monoisotopic (exact) mass is 461 g/mol. The number of nitrogens with zero attached hydrogens (tertiary/aromatic N) is 3. The van der Waals surface area contributed by atoms with Gasteiger partial charge in [0.25, 0.3) is 17.4 Å². The zero-order chi connectivity index (χ0) is 23.3. The summed E-state index contributed by atoms with van der Waals surface area (Å²) in [6.45, 7) is 4.42. The quantitative estimate of drug-likeness (QED) is 0.738. The number of benzene rings is 1. The molecule has 1 atom stereocenters. The fourth-order valence-corrected chi connectivity index (χ4v) is 5.10.